The normalized spacial score (nSPS) is 22.5. The highest BCUT2D eigenvalue weighted by atomic mass is 19.1. The maximum atomic E-state index is 14.6. The highest BCUT2D eigenvalue weighted by Crippen LogP contribution is 2.33. The Morgan fingerprint density at radius 1 is 1.18 bits per heavy atom. The van der Waals surface area contributed by atoms with E-state index in [0.29, 0.717) is 0 Å². The summed E-state index contributed by atoms with van der Waals surface area (Å²) in [5.41, 5.74) is 4.42. The first kappa shape index (κ1) is 12.6. The van der Waals surface area contributed by atoms with Gasteiger partial charge in [0.1, 0.15) is 6.17 Å². The van der Waals surface area contributed by atoms with Crippen molar-refractivity contribution in [3.05, 3.63) is 34.4 Å². The van der Waals surface area contributed by atoms with E-state index in [-0.39, 0.29) is 5.92 Å². The lowest BCUT2D eigenvalue weighted by atomic mass is 9.87. The lowest BCUT2D eigenvalue weighted by Crippen LogP contribution is -2.32. The number of aryl methyl sites for hydroxylation is 3. The van der Waals surface area contributed by atoms with Crippen molar-refractivity contribution in [3.8, 4) is 0 Å². The van der Waals surface area contributed by atoms with Gasteiger partial charge in [-0.15, -0.1) is 0 Å². The van der Waals surface area contributed by atoms with Gasteiger partial charge in [0.2, 0.25) is 0 Å². The van der Waals surface area contributed by atoms with Crippen LogP contribution in [0.15, 0.2) is 12.1 Å². The summed E-state index contributed by atoms with van der Waals surface area (Å²) in [6.45, 7) is 8.01. The summed E-state index contributed by atoms with van der Waals surface area (Å²) < 4.78 is 14.6. The quantitative estimate of drug-likeness (QED) is 0.825. The second-order valence-electron chi connectivity index (χ2n) is 5.30. The molecule has 1 saturated heterocycles. The predicted molar refractivity (Wildman–Crippen MR) is 70.1 cm³/mol. The number of piperidine rings is 1. The molecule has 2 unspecified atom stereocenters. The van der Waals surface area contributed by atoms with Crippen LogP contribution in [0.1, 0.15) is 41.3 Å². The standard InChI is InChI=1S/C15H22FN/c1-10-7-12(3)14(8-11(10)2)15(16)13-5-4-6-17-9-13/h7-8,13,15,17H,4-6,9H2,1-3H3. The summed E-state index contributed by atoms with van der Waals surface area (Å²) in [7, 11) is 0. The van der Waals surface area contributed by atoms with Crippen LogP contribution in [0, 0.1) is 26.7 Å². The van der Waals surface area contributed by atoms with E-state index in [1.807, 2.05) is 13.0 Å². The molecule has 2 heteroatoms. The van der Waals surface area contributed by atoms with Crippen molar-refractivity contribution in [1.82, 2.24) is 5.32 Å². The van der Waals surface area contributed by atoms with Crippen molar-refractivity contribution < 1.29 is 4.39 Å². The fourth-order valence-electron chi connectivity index (χ4n) is 2.66. The van der Waals surface area contributed by atoms with Gasteiger partial charge < -0.3 is 5.32 Å². The summed E-state index contributed by atoms with van der Waals surface area (Å²) in [6.07, 6.45) is 1.28. The molecule has 0 saturated carbocycles. The van der Waals surface area contributed by atoms with Crippen molar-refractivity contribution in [2.24, 2.45) is 5.92 Å². The Morgan fingerprint density at radius 3 is 2.53 bits per heavy atom. The Kier molecular flexibility index (Phi) is 3.82. The van der Waals surface area contributed by atoms with Crippen LogP contribution in [-0.4, -0.2) is 13.1 Å². The van der Waals surface area contributed by atoms with Gasteiger partial charge in [-0.2, -0.15) is 0 Å². The maximum Gasteiger partial charge on any atom is 0.129 e. The molecule has 0 bridgehead atoms. The molecule has 0 spiro atoms. The molecule has 1 aliphatic rings. The van der Waals surface area contributed by atoms with Crippen LogP contribution < -0.4 is 5.32 Å². The third kappa shape index (κ3) is 2.68. The van der Waals surface area contributed by atoms with Crippen molar-refractivity contribution in [3.63, 3.8) is 0 Å². The molecule has 1 fully saturated rings. The smallest absolute Gasteiger partial charge is 0.129 e. The zero-order valence-corrected chi connectivity index (χ0v) is 11.0. The molecule has 1 aromatic carbocycles. The molecule has 1 aromatic rings. The van der Waals surface area contributed by atoms with Crippen LogP contribution in [0.2, 0.25) is 0 Å². The van der Waals surface area contributed by atoms with Crippen LogP contribution in [-0.2, 0) is 0 Å². The second-order valence-corrected chi connectivity index (χ2v) is 5.30. The summed E-state index contributed by atoms with van der Waals surface area (Å²) in [4.78, 5) is 0. The molecular weight excluding hydrogens is 213 g/mol. The van der Waals surface area contributed by atoms with Crippen LogP contribution in [0.25, 0.3) is 0 Å². The maximum absolute atomic E-state index is 14.6. The molecule has 0 amide bonds. The zero-order chi connectivity index (χ0) is 12.4. The molecule has 0 aromatic heterocycles. The van der Waals surface area contributed by atoms with E-state index in [9.17, 15) is 4.39 Å². The Labute approximate surface area is 103 Å². The number of benzene rings is 1. The third-order valence-corrected chi connectivity index (χ3v) is 3.93. The van der Waals surface area contributed by atoms with Crippen molar-refractivity contribution in [2.45, 2.75) is 39.8 Å². The van der Waals surface area contributed by atoms with Gasteiger partial charge in [0.25, 0.3) is 0 Å². The van der Waals surface area contributed by atoms with Crippen LogP contribution in [0.4, 0.5) is 4.39 Å². The zero-order valence-electron chi connectivity index (χ0n) is 11.0. The van der Waals surface area contributed by atoms with Crippen molar-refractivity contribution >= 4 is 0 Å². The fourth-order valence-corrected chi connectivity index (χ4v) is 2.66. The molecule has 0 aliphatic carbocycles. The summed E-state index contributed by atoms with van der Waals surface area (Å²) in [5.74, 6) is 0.143. The van der Waals surface area contributed by atoms with Gasteiger partial charge in [0, 0.05) is 12.5 Å². The lowest BCUT2D eigenvalue weighted by Gasteiger charge is -2.27. The summed E-state index contributed by atoms with van der Waals surface area (Å²) in [6, 6.07) is 4.14. The molecule has 1 aliphatic heterocycles. The molecule has 1 nitrogen and oxygen atoms in total. The molecule has 2 atom stereocenters. The first-order chi connectivity index (χ1) is 8.09. The van der Waals surface area contributed by atoms with Gasteiger partial charge in [-0.05, 0) is 62.4 Å². The van der Waals surface area contributed by atoms with E-state index in [0.717, 1.165) is 37.1 Å². The van der Waals surface area contributed by atoms with Gasteiger partial charge in [-0.1, -0.05) is 12.1 Å². The second kappa shape index (κ2) is 5.18. The Bertz CT molecular complexity index is 394. The highest BCUT2D eigenvalue weighted by Gasteiger charge is 2.25. The Hall–Kier alpha value is -0.890. The average Bonchev–Trinajstić information content (AvgIpc) is 2.34. The number of hydrogen-bond donors (Lipinski definition) is 1. The average molecular weight is 235 g/mol. The molecule has 2 rings (SSSR count). The van der Waals surface area contributed by atoms with Crippen LogP contribution in [0.5, 0.6) is 0 Å². The SMILES string of the molecule is Cc1cc(C)c(C(F)C2CCCNC2)cc1C. The topological polar surface area (TPSA) is 12.0 Å². The molecule has 0 radical (unpaired) electrons. The van der Waals surface area contributed by atoms with Gasteiger partial charge in [0.15, 0.2) is 0 Å². The van der Waals surface area contributed by atoms with Gasteiger partial charge in [-0.3, -0.25) is 0 Å². The molecule has 94 valence electrons. The third-order valence-electron chi connectivity index (χ3n) is 3.93. The largest absolute Gasteiger partial charge is 0.316 e. The van der Waals surface area contributed by atoms with Crippen LogP contribution in [0.3, 0.4) is 0 Å². The number of halogens is 1. The number of alkyl halides is 1. The minimum absolute atomic E-state index is 0.143. The van der Waals surface area contributed by atoms with Crippen molar-refractivity contribution in [2.75, 3.05) is 13.1 Å². The summed E-state index contributed by atoms with van der Waals surface area (Å²) in [5, 5.41) is 3.29. The highest BCUT2D eigenvalue weighted by molar-refractivity contribution is 5.38. The first-order valence-electron chi connectivity index (χ1n) is 6.52. The Balaban J connectivity index is 2.23. The van der Waals surface area contributed by atoms with E-state index in [4.69, 9.17) is 0 Å². The molecule has 1 N–H and O–H groups in total. The van der Waals surface area contributed by atoms with Gasteiger partial charge in [0.05, 0.1) is 0 Å². The molecule has 1 heterocycles. The van der Waals surface area contributed by atoms with E-state index >= 15 is 0 Å². The van der Waals surface area contributed by atoms with Gasteiger partial charge >= 0.3 is 0 Å². The number of nitrogens with one attached hydrogen (secondary N) is 1. The number of hydrogen-bond acceptors (Lipinski definition) is 1. The van der Waals surface area contributed by atoms with E-state index in [1.54, 1.807) is 0 Å². The minimum atomic E-state index is -0.818. The van der Waals surface area contributed by atoms with E-state index < -0.39 is 6.17 Å². The molecular formula is C15H22FN. The van der Waals surface area contributed by atoms with Crippen molar-refractivity contribution in [1.29, 1.82) is 0 Å². The van der Waals surface area contributed by atoms with E-state index in [1.165, 1.54) is 11.1 Å². The first-order valence-corrected chi connectivity index (χ1v) is 6.52. The predicted octanol–water partition coefficient (Wildman–Crippen LogP) is 3.62. The van der Waals surface area contributed by atoms with E-state index in [2.05, 4.69) is 25.2 Å². The van der Waals surface area contributed by atoms with Crippen LogP contribution >= 0.6 is 0 Å². The monoisotopic (exact) mass is 235 g/mol. The minimum Gasteiger partial charge on any atom is -0.316 e. The molecule has 17 heavy (non-hydrogen) atoms. The number of rotatable bonds is 2. The lowest BCUT2D eigenvalue weighted by molar-refractivity contribution is 0.194. The van der Waals surface area contributed by atoms with Gasteiger partial charge in [-0.25, -0.2) is 4.39 Å². The Morgan fingerprint density at radius 2 is 1.88 bits per heavy atom. The summed E-state index contributed by atoms with van der Waals surface area (Å²) >= 11 is 0. The fraction of sp³-hybridized carbons (Fsp3) is 0.600.